The molecule has 0 unspecified atom stereocenters. The highest BCUT2D eigenvalue weighted by atomic mass is 15.0. The van der Waals surface area contributed by atoms with Crippen LogP contribution in [0.4, 0.5) is 0 Å². The molecule has 0 saturated carbocycles. The maximum Gasteiger partial charge on any atom is 0.0620 e. The van der Waals surface area contributed by atoms with Crippen LogP contribution in [0, 0.1) is 0 Å². The fourth-order valence-electron chi connectivity index (χ4n) is 10.6. The molecule has 0 fully saturated rings. The van der Waals surface area contributed by atoms with Crippen LogP contribution in [0.3, 0.4) is 0 Å². The lowest BCUT2D eigenvalue weighted by Crippen LogP contribution is -2.15. The van der Waals surface area contributed by atoms with Crippen LogP contribution in [0.1, 0.15) is 25.0 Å². The van der Waals surface area contributed by atoms with Crippen LogP contribution in [0.2, 0.25) is 0 Å². The van der Waals surface area contributed by atoms with Gasteiger partial charge in [0.15, 0.2) is 0 Å². The van der Waals surface area contributed by atoms with Gasteiger partial charge in [0, 0.05) is 43.8 Å². The number of aromatic nitrogens is 2. The average Bonchev–Trinajstić information content (AvgIpc) is 3.82. The molecular weight excluding hydrogens is 689 g/mol. The number of rotatable bonds is 2. The SMILES string of the molecule is CC1(C)c2ccccc2-c2ccc(-n3c4ccccc4c4cc(-c5cc6c7c(c5)c5ccccc5n7-c5ccccc5-c5cc7ccccc7cc5-6)ccc43)cc21. The molecule has 0 saturated heterocycles. The highest BCUT2D eigenvalue weighted by Crippen LogP contribution is 2.51. The molecule has 57 heavy (non-hydrogen) atoms. The van der Waals surface area contributed by atoms with Crippen LogP contribution >= 0.6 is 0 Å². The molecule has 266 valence electrons. The highest BCUT2D eigenvalue weighted by Gasteiger charge is 2.35. The topological polar surface area (TPSA) is 9.86 Å². The molecule has 9 aromatic carbocycles. The second-order valence-corrected chi connectivity index (χ2v) is 16.5. The van der Waals surface area contributed by atoms with E-state index in [4.69, 9.17) is 0 Å². The van der Waals surface area contributed by atoms with Crippen molar-refractivity contribution in [3.63, 3.8) is 0 Å². The second kappa shape index (κ2) is 11.0. The highest BCUT2D eigenvalue weighted by molar-refractivity contribution is 6.19. The fraction of sp³-hybridized carbons (Fsp3) is 0.0545. The Morgan fingerprint density at radius 1 is 0.351 bits per heavy atom. The molecule has 1 aliphatic heterocycles. The standard InChI is InChI=1S/C55H36N2/c1-55(2)48-19-9-5-15-38(48)39-25-24-37(32-49(39)55)56-50-20-10-7-17-41(50)45-29-35(23-26-53(45)56)36-30-46-42-18-8-12-22-52(42)57-51-21-11-6-16-40(51)43-27-33-13-3-4-14-34(33)28-44(43)47(31-36)54(46)57/h3-32H,1-2H3. The van der Waals surface area contributed by atoms with Crippen LogP contribution in [0.25, 0.3) is 110 Å². The number of benzene rings is 9. The number of nitrogens with zero attached hydrogens (tertiary/aromatic N) is 2. The van der Waals surface area contributed by atoms with Gasteiger partial charge in [-0.25, -0.2) is 0 Å². The molecule has 1 aliphatic carbocycles. The Bertz CT molecular complexity index is 3550. The lowest BCUT2D eigenvalue weighted by atomic mass is 9.82. The minimum absolute atomic E-state index is 0.0684. The van der Waals surface area contributed by atoms with Crippen molar-refractivity contribution < 1.29 is 0 Å². The fourth-order valence-corrected chi connectivity index (χ4v) is 10.6. The van der Waals surface area contributed by atoms with E-state index in [0.29, 0.717) is 0 Å². The van der Waals surface area contributed by atoms with Gasteiger partial charge in [-0.1, -0.05) is 129 Å². The smallest absolute Gasteiger partial charge is 0.0620 e. The van der Waals surface area contributed by atoms with Crippen molar-refractivity contribution in [1.29, 1.82) is 0 Å². The van der Waals surface area contributed by atoms with E-state index in [0.717, 1.165) is 0 Å². The summed E-state index contributed by atoms with van der Waals surface area (Å²) in [4.78, 5) is 0. The van der Waals surface area contributed by atoms with E-state index in [2.05, 4.69) is 205 Å². The number of hydrogen-bond acceptors (Lipinski definition) is 0. The third-order valence-corrected chi connectivity index (χ3v) is 13.2. The van der Waals surface area contributed by atoms with Crippen molar-refractivity contribution in [3.8, 4) is 55.9 Å². The molecule has 0 bridgehead atoms. The largest absolute Gasteiger partial charge is 0.309 e. The minimum atomic E-state index is -0.0684. The summed E-state index contributed by atoms with van der Waals surface area (Å²) in [6, 6.07) is 68.3. The van der Waals surface area contributed by atoms with E-state index in [1.54, 1.807) is 0 Å². The van der Waals surface area contributed by atoms with Gasteiger partial charge < -0.3 is 9.13 Å². The molecule has 0 N–H and O–H groups in total. The van der Waals surface area contributed by atoms with E-state index in [9.17, 15) is 0 Å². The van der Waals surface area contributed by atoms with E-state index in [1.165, 1.54) is 121 Å². The Hall–Kier alpha value is -7.16. The quantitative estimate of drug-likeness (QED) is 0.168. The molecule has 0 radical (unpaired) electrons. The van der Waals surface area contributed by atoms with Crippen molar-refractivity contribution in [2.75, 3.05) is 0 Å². The summed E-state index contributed by atoms with van der Waals surface area (Å²) >= 11 is 0. The van der Waals surface area contributed by atoms with Crippen LogP contribution in [-0.2, 0) is 5.41 Å². The van der Waals surface area contributed by atoms with Gasteiger partial charge in [0.05, 0.1) is 27.8 Å². The monoisotopic (exact) mass is 724 g/mol. The lowest BCUT2D eigenvalue weighted by Gasteiger charge is -2.22. The summed E-state index contributed by atoms with van der Waals surface area (Å²) in [5, 5.41) is 7.59. The van der Waals surface area contributed by atoms with Gasteiger partial charge in [-0.3, -0.25) is 0 Å². The van der Waals surface area contributed by atoms with Crippen LogP contribution < -0.4 is 0 Å². The van der Waals surface area contributed by atoms with Gasteiger partial charge in [0.2, 0.25) is 0 Å². The Morgan fingerprint density at radius 3 is 1.75 bits per heavy atom. The summed E-state index contributed by atoms with van der Waals surface area (Å²) in [6.45, 7) is 4.73. The summed E-state index contributed by atoms with van der Waals surface area (Å²) in [6.07, 6.45) is 0. The first-order valence-corrected chi connectivity index (χ1v) is 20.0. The van der Waals surface area contributed by atoms with Crippen molar-refractivity contribution >= 4 is 54.4 Å². The van der Waals surface area contributed by atoms with Crippen molar-refractivity contribution in [3.05, 3.63) is 193 Å². The van der Waals surface area contributed by atoms with E-state index in [-0.39, 0.29) is 5.41 Å². The number of hydrogen-bond donors (Lipinski definition) is 0. The Kier molecular flexibility index (Phi) is 6.00. The maximum atomic E-state index is 2.51. The predicted molar refractivity (Wildman–Crippen MR) is 240 cm³/mol. The normalized spacial score (nSPS) is 13.6. The summed E-state index contributed by atoms with van der Waals surface area (Å²) in [5.74, 6) is 0. The molecule has 0 spiro atoms. The van der Waals surface area contributed by atoms with Crippen molar-refractivity contribution in [2.24, 2.45) is 0 Å². The first kappa shape index (κ1) is 31.1. The van der Waals surface area contributed by atoms with Crippen molar-refractivity contribution in [1.82, 2.24) is 9.13 Å². The Balaban J connectivity index is 1.07. The summed E-state index contributed by atoms with van der Waals surface area (Å²) in [7, 11) is 0. The zero-order valence-electron chi connectivity index (χ0n) is 31.7. The number of para-hydroxylation sites is 3. The van der Waals surface area contributed by atoms with Gasteiger partial charge in [0.25, 0.3) is 0 Å². The lowest BCUT2D eigenvalue weighted by molar-refractivity contribution is 0.660. The average molecular weight is 725 g/mol. The van der Waals surface area contributed by atoms with Gasteiger partial charge in [-0.2, -0.15) is 0 Å². The third-order valence-electron chi connectivity index (χ3n) is 13.2. The summed E-state index contributed by atoms with van der Waals surface area (Å²) < 4.78 is 4.98. The summed E-state index contributed by atoms with van der Waals surface area (Å²) in [5.41, 5.74) is 20.3. The Morgan fingerprint density at radius 2 is 0.947 bits per heavy atom. The molecule has 13 rings (SSSR count). The number of fused-ring (bicyclic) bond motifs is 15. The molecule has 2 heteroatoms. The van der Waals surface area contributed by atoms with E-state index >= 15 is 0 Å². The zero-order valence-corrected chi connectivity index (χ0v) is 31.7. The van der Waals surface area contributed by atoms with Gasteiger partial charge >= 0.3 is 0 Å². The Labute approximate surface area is 330 Å². The third kappa shape index (κ3) is 4.09. The second-order valence-electron chi connectivity index (χ2n) is 16.5. The van der Waals surface area contributed by atoms with E-state index < -0.39 is 0 Å². The predicted octanol–water partition coefficient (Wildman–Crippen LogP) is 14.7. The van der Waals surface area contributed by atoms with Crippen molar-refractivity contribution in [2.45, 2.75) is 19.3 Å². The molecule has 11 aromatic rings. The molecular formula is C55H36N2. The van der Waals surface area contributed by atoms with Crippen LogP contribution in [-0.4, -0.2) is 9.13 Å². The molecule has 0 atom stereocenters. The first-order valence-electron chi connectivity index (χ1n) is 20.0. The first-order chi connectivity index (χ1) is 28.0. The minimum Gasteiger partial charge on any atom is -0.309 e. The molecule has 2 aromatic heterocycles. The molecule has 3 heterocycles. The van der Waals surface area contributed by atoms with Gasteiger partial charge in [-0.05, 0) is 122 Å². The zero-order chi connectivity index (χ0) is 37.6. The van der Waals surface area contributed by atoms with E-state index in [1.807, 2.05) is 0 Å². The van der Waals surface area contributed by atoms with Gasteiger partial charge in [-0.15, -0.1) is 0 Å². The molecule has 0 amide bonds. The maximum absolute atomic E-state index is 2.51. The van der Waals surface area contributed by atoms with Gasteiger partial charge in [0.1, 0.15) is 0 Å². The molecule has 2 aliphatic rings. The van der Waals surface area contributed by atoms with Crippen LogP contribution in [0.5, 0.6) is 0 Å². The van der Waals surface area contributed by atoms with Crippen LogP contribution in [0.15, 0.2) is 182 Å². The molecule has 2 nitrogen and oxygen atoms in total.